The molecule has 0 aliphatic heterocycles. The second kappa shape index (κ2) is 2.21. The quantitative estimate of drug-likeness (QED) is 0.579. The van der Waals surface area contributed by atoms with Crippen LogP contribution in [0.3, 0.4) is 0 Å². The Kier molecular flexibility index (Phi) is 1.40. The van der Waals surface area contributed by atoms with Crippen molar-refractivity contribution in [1.29, 1.82) is 0 Å². The average molecular weight is 128 g/mol. The lowest BCUT2D eigenvalue weighted by Gasteiger charge is -1.89. The number of rotatable bonds is 1. The van der Waals surface area contributed by atoms with E-state index < -0.39 is 6.16 Å². The van der Waals surface area contributed by atoms with Crippen LogP contribution in [0.5, 0.6) is 5.95 Å². The van der Waals surface area contributed by atoms with Gasteiger partial charge in [0.2, 0.25) is 0 Å². The van der Waals surface area contributed by atoms with Gasteiger partial charge in [-0.05, 0) is 6.07 Å². The molecule has 0 spiro atoms. The monoisotopic (exact) mass is 128 g/mol. The molecule has 0 saturated heterocycles. The van der Waals surface area contributed by atoms with Gasteiger partial charge in [-0.2, -0.15) is 0 Å². The molecule has 0 fully saturated rings. The van der Waals surface area contributed by atoms with Gasteiger partial charge in [0.15, 0.2) is 0 Å². The molecule has 0 amide bonds. The van der Waals surface area contributed by atoms with E-state index in [-0.39, 0.29) is 5.95 Å². The fourth-order valence-corrected chi connectivity index (χ4v) is 0.408. The fraction of sp³-hybridized carbons (Fsp3) is 0. The predicted molar refractivity (Wildman–Crippen MR) is 27.4 cm³/mol. The predicted octanol–water partition coefficient (Wildman–Crippen LogP) is 1.34. The zero-order valence-corrected chi connectivity index (χ0v) is 4.40. The van der Waals surface area contributed by atoms with Crippen molar-refractivity contribution in [1.82, 2.24) is 0 Å². The maximum atomic E-state index is 9.78. The first-order valence-electron chi connectivity index (χ1n) is 2.23. The SMILES string of the molecule is O=C(O)Oc1ccco1. The lowest BCUT2D eigenvalue weighted by molar-refractivity contribution is 0.133. The van der Waals surface area contributed by atoms with Gasteiger partial charge in [0.1, 0.15) is 0 Å². The Balaban J connectivity index is 2.58. The van der Waals surface area contributed by atoms with Gasteiger partial charge in [0, 0.05) is 6.07 Å². The molecule has 4 heteroatoms. The summed E-state index contributed by atoms with van der Waals surface area (Å²) in [6, 6.07) is 2.95. The van der Waals surface area contributed by atoms with E-state index in [4.69, 9.17) is 5.11 Å². The minimum absolute atomic E-state index is 0.0116. The number of hydrogen-bond acceptors (Lipinski definition) is 3. The Morgan fingerprint density at radius 3 is 3.00 bits per heavy atom. The molecule has 0 unspecified atom stereocenters. The van der Waals surface area contributed by atoms with E-state index in [1.807, 2.05) is 0 Å². The number of carboxylic acid groups (broad SMARTS) is 1. The molecule has 0 aromatic carbocycles. The van der Waals surface area contributed by atoms with Crippen molar-refractivity contribution < 1.29 is 19.1 Å². The van der Waals surface area contributed by atoms with Gasteiger partial charge in [0.25, 0.3) is 5.95 Å². The first kappa shape index (κ1) is 5.68. The molecular formula is C5H4O4. The van der Waals surface area contributed by atoms with Crippen molar-refractivity contribution in [2.75, 3.05) is 0 Å². The summed E-state index contributed by atoms with van der Waals surface area (Å²) in [6.07, 6.45) is -0.0388. The van der Waals surface area contributed by atoms with Crippen LogP contribution in [0.25, 0.3) is 0 Å². The molecule has 1 aromatic heterocycles. The fourth-order valence-electron chi connectivity index (χ4n) is 0.408. The summed E-state index contributed by atoms with van der Waals surface area (Å²) in [5, 5.41) is 8.00. The number of ether oxygens (including phenoxy) is 1. The minimum Gasteiger partial charge on any atom is -0.449 e. The molecule has 0 atom stereocenters. The van der Waals surface area contributed by atoms with Crippen LogP contribution in [0, 0.1) is 0 Å². The zero-order chi connectivity index (χ0) is 6.69. The standard InChI is InChI=1S/C5H4O4/c6-5(7)9-4-2-1-3-8-4/h1-3H,(H,6,7). The van der Waals surface area contributed by atoms with Crippen LogP contribution in [0.2, 0.25) is 0 Å². The Morgan fingerprint density at radius 1 is 1.78 bits per heavy atom. The van der Waals surface area contributed by atoms with Crippen LogP contribution < -0.4 is 4.74 Å². The Bertz CT molecular complexity index is 189. The van der Waals surface area contributed by atoms with Gasteiger partial charge in [0.05, 0.1) is 6.26 Å². The minimum atomic E-state index is -1.37. The lowest BCUT2D eigenvalue weighted by atomic mass is 10.7. The van der Waals surface area contributed by atoms with E-state index in [2.05, 4.69) is 9.15 Å². The van der Waals surface area contributed by atoms with Crippen molar-refractivity contribution >= 4 is 6.16 Å². The number of carbonyl (C=O) groups is 1. The third-order valence-corrected chi connectivity index (χ3v) is 0.683. The summed E-state index contributed by atoms with van der Waals surface area (Å²) in [4.78, 5) is 9.78. The molecule has 0 aliphatic rings. The molecule has 1 N–H and O–H groups in total. The molecule has 1 rings (SSSR count). The van der Waals surface area contributed by atoms with E-state index >= 15 is 0 Å². The lowest BCUT2D eigenvalue weighted by Crippen LogP contribution is -2.01. The summed E-state index contributed by atoms with van der Waals surface area (Å²) >= 11 is 0. The zero-order valence-electron chi connectivity index (χ0n) is 4.40. The van der Waals surface area contributed by atoms with Crippen LogP contribution in [0.15, 0.2) is 22.8 Å². The van der Waals surface area contributed by atoms with E-state index in [1.165, 1.54) is 18.4 Å². The van der Waals surface area contributed by atoms with Crippen molar-refractivity contribution in [2.24, 2.45) is 0 Å². The van der Waals surface area contributed by atoms with Crippen molar-refractivity contribution in [3.8, 4) is 5.95 Å². The highest BCUT2D eigenvalue weighted by Crippen LogP contribution is 2.09. The van der Waals surface area contributed by atoms with Gasteiger partial charge in [-0.15, -0.1) is 0 Å². The van der Waals surface area contributed by atoms with Crippen LogP contribution in [0.1, 0.15) is 0 Å². The smallest absolute Gasteiger partial charge is 0.449 e. The summed E-state index contributed by atoms with van der Waals surface area (Å²) in [5.74, 6) is -0.0116. The Morgan fingerprint density at radius 2 is 2.56 bits per heavy atom. The first-order valence-corrected chi connectivity index (χ1v) is 2.23. The highest BCUT2D eigenvalue weighted by Gasteiger charge is 2.00. The summed E-state index contributed by atoms with van der Waals surface area (Å²) in [6.45, 7) is 0. The van der Waals surface area contributed by atoms with Gasteiger partial charge in [-0.1, -0.05) is 0 Å². The van der Waals surface area contributed by atoms with E-state index in [0.29, 0.717) is 0 Å². The van der Waals surface area contributed by atoms with Gasteiger partial charge in [-0.25, -0.2) is 4.79 Å². The summed E-state index contributed by atoms with van der Waals surface area (Å²) in [5.41, 5.74) is 0. The van der Waals surface area contributed by atoms with Gasteiger partial charge < -0.3 is 14.3 Å². The number of furan rings is 1. The second-order valence-electron chi connectivity index (χ2n) is 1.30. The van der Waals surface area contributed by atoms with Crippen LogP contribution in [-0.4, -0.2) is 11.3 Å². The van der Waals surface area contributed by atoms with Gasteiger partial charge >= 0.3 is 6.16 Å². The number of hydrogen-bond donors (Lipinski definition) is 1. The molecule has 1 heterocycles. The molecule has 1 aromatic rings. The maximum Gasteiger partial charge on any atom is 0.513 e. The molecule has 48 valence electrons. The normalized spacial score (nSPS) is 8.89. The van der Waals surface area contributed by atoms with Crippen molar-refractivity contribution in [2.45, 2.75) is 0 Å². The largest absolute Gasteiger partial charge is 0.513 e. The molecular weight excluding hydrogens is 124 g/mol. The average Bonchev–Trinajstić information content (AvgIpc) is 2.15. The molecule has 0 saturated carbocycles. The van der Waals surface area contributed by atoms with E-state index in [0.717, 1.165) is 0 Å². The molecule has 4 nitrogen and oxygen atoms in total. The molecule has 9 heavy (non-hydrogen) atoms. The second-order valence-corrected chi connectivity index (χ2v) is 1.30. The highest BCUT2D eigenvalue weighted by atomic mass is 16.7. The van der Waals surface area contributed by atoms with Gasteiger partial charge in [-0.3, -0.25) is 0 Å². The molecule has 0 radical (unpaired) electrons. The highest BCUT2D eigenvalue weighted by molar-refractivity contribution is 5.59. The van der Waals surface area contributed by atoms with Crippen molar-refractivity contribution in [3.63, 3.8) is 0 Å². The Labute approximate surface area is 50.7 Å². The molecule has 0 aliphatic carbocycles. The maximum absolute atomic E-state index is 9.78. The third kappa shape index (κ3) is 1.49. The first-order chi connectivity index (χ1) is 4.29. The topological polar surface area (TPSA) is 59.7 Å². The Hall–Kier alpha value is -1.45. The van der Waals surface area contributed by atoms with E-state index in [1.54, 1.807) is 0 Å². The summed E-state index contributed by atoms with van der Waals surface area (Å²) < 4.78 is 8.65. The van der Waals surface area contributed by atoms with E-state index in [9.17, 15) is 4.79 Å². The van der Waals surface area contributed by atoms with Crippen LogP contribution >= 0.6 is 0 Å². The van der Waals surface area contributed by atoms with Crippen LogP contribution in [0.4, 0.5) is 4.79 Å². The molecule has 0 bridgehead atoms. The van der Waals surface area contributed by atoms with Crippen LogP contribution in [-0.2, 0) is 0 Å². The van der Waals surface area contributed by atoms with Crippen molar-refractivity contribution in [3.05, 3.63) is 18.4 Å². The summed E-state index contributed by atoms with van der Waals surface area (Å²) in [7, 11) is 0. The third-order valence-electron chi connectivity index (χ3n) is 0.683.